The van der Waals surface area contributed by atoms with Gasteiger partial charge in [-0.25, -0.2) is 0 Å². The fraction of sp³-hybridized carbons (Fsp3) is 0.700. The smallest absolute Gasteiger partial charge is 0.0543 e. The molecular weight excluding hydrogens is 162 g/mol. The second-order valence-corrected chi connectivity index (χ2v) is 4.70. The first kappa shape index (κ1) is 10.3. The van der Waals surface area contributed by atoms with Crippen LogP contribution in [-0.2, 0) is 12.1 Å². The van der Waals surface area contributed by atoms with Crippen LogP contribution in [0.3, 0.4) is 0 Å². The van der Waals surface area contributed by atoms with Crippen LogP contribution in [0, 0.1) is 0 Å². The molecule has 0 fully saturated rings. The Morgan fingerprint density at radius 1 is 1.38 bits per heavy atom. The second-order valence-electron chi connectivity index (χ2n) is 4.70. The van der Waals surface area contributed by atoms with Gasteiger partial charge in [0.1, 0.15) is 0 Å². The van der Waals surface area contributed by atoms with Gasteiger partial charge in [-0.1, -0.05) is 0 Å². The number of nitrogens with zero attached hydrogens (tertiary/aromatic N) is 3. The van der Waals surface area contributed by atoms with Crippen molar-refractivity contribution >= 4 is 0 Å². The lowest BCUT2D eigenvalue weighted by atomic mass is 10.1. The van der Waals surface area contributed by atoms with Gasteiger partial charge in [0, 0.05) is 18.3 Å². The van der Waals surface area contributed by atoms with Crippen molar-refractivity contribution in [2.24, 2.45) is 0 Å². The molecule has 1 rings (SSSR count). The minimum Gasteiger partial charge on any atom is -0.305 e. The molecule has 0 radical (unpaired) electrons. The lowest BCUT2D eigenvalue weighted by molar-refractivity contribution is 0.353. The SMILES string of the molecule is CN(C)Cc1cnn(C(C)(C)C)c1. The van der Waals surface area contributed by atoms with Gasteiger partial charge in [-0.15, -0.1) is 0 Å². The summed E-state index contributed by atoms with van der Waals surface area (Å²) >= 11 is 0. The van der Waals surface area contributed by atoms with E-state index in [1.807, 2.05) is 10.9 Å². The van der Waals surface area contributed by atoms with Gasteiger partial charge < -0.3 is 4.90 Å². The average Bonchev–Trinajstić information content (AvgIpc) is 2.32. The third kappa shape index (κ3) is 2.84. The zero-order valence-corrected chi connectivity index (χ0v) is 9.20. The highest BCUT2D eigenvalue weighted by molar-refractivity contribution is 5.04. The lowest BCUT2D eigenvalue weighted by Gasteiger charge is -2.18. The maximum Gasteiger partial charge on any atom is 0.0543 e. The van der Waals surface area contributed by atoms with E-state index in [0.29, 0.717) is 0 Å². The molecule has 0 N–H and O–H groups in total. The Hall–Kier alpha value is -0.830. The van der Waals surface area contributed by atoms with Gasteiger partial charge >= 0.3 is 0 Å². The molecule has 0 spiro atoms. The van der Waals surface area contributed by atoms with E-state index in [-0.39, 0.29) is 5.54 Å². The average molecular weight is 181 g/mol. The van der Waals surface area contributed by atoms with Crippen LogP contribution in [0.4, 0.5) is 0 Å². The van der Waals surface area contributed by atoms with E-state index in [9.17, 15) is 0 Å². The van der Waals surface area contributed by atoms with E-state index >= 15 is 0 Å². The van der Waals surface area contributed by atoms with E-state index in [1.165, 1.54) is 5.56 Å². The zero-order chi connectivity index (χ0) is 10.1. The molecule has 0 saturated heterocycles. The molecule has 0 aliphatic rings. The van der Waals surface area contributed by atoms with Crippen molar-refractivity contribution in [3.05, 3.63) is 18.0 Å². The molecule has 0 saturated carbocycles. The summed E-state index contributed by atoms with van der Waals surface area (Å²) < 4.78 is 2.01. The Labute approximate surface area is 80.4 Å². The predicted octanol–water partition coefficient (Wildman–Crippen LogP) is 1.70. The molecule has 0 aromatic carbocycles. The van der Waals surface area contributed by atoms with Gasteiger partial charge in [0.15, 0.2) is 0 Å². The van der Waals surface area contributed by atoms with E-state index < -0.39 is 0 Å². The van der Waals surface area contributed by atoms with Crippen LogP contribution in [0.15, 0.2) is 12.4 Å². The molecule has 1 aromatic heterocycles. The highest BCUT2D eigenvalue weighted by Gasteiger charge is 2.13. The molecule has 0 atom stereocenters. The topological polar surface area (TPSA) is 21.1 Å². The van der Waals surface area contributed by atoms with Crippen LogP contribution in [0.5, 0.6) is 0 Å². The molecule has 0 unspecified atom stereocenters. The van der Waals surface area contributed by atoms with Gasteiger partial charge in [0.25, 0.3) is 0 Å². The van der Waals surface area contributed by atoms with E-state index in [4.69, 9.17) is 0 Å². The van der Waals surface area contributed by atoms with Crippen LogP contribution < -0.4 is 0 Å². The normalized spacial score (nSPS) is 12.5. The molecule has 0 amide bonds. The van der Waals surface area contributed by atoms with Gasteiger partial charge in [-0.2, -0.15) is 5.10 Å². The molecule has 0 bridgehead atoms. The predicted molar refractivity (Wildman–Crippen MR) is 54.6 cm³/mol. The van der Waals surface area contributed by atoms with Crippen molar-refractivity contribution in [3.8, 4) is 0 Å². The third-order valence-electron chi connectivity index (χ3n) is 1.82. The van der Waals surface area contributed by atoms with Crippen LogP contribution in [-0.4, -0.2) is 28.8 Å². The number of hydrogen-bond donors (Lipinski definition) is 0. The fourth-order valence-corrected chi connectivity index (χ4v) is 1.17. The van der Waals surface area contributed by atoms with E-state index in [0.717, 1.165) is 6.54 Å². The van der Waals surface area contributed by atoms with Gasteiger partial charge in [-0.3, -0.25) is 4.68 Å². The summed E-state index contributed by atoms with van der Waals surface area (Å²) in [6, 6.07) is 0. The number of rotatable bonds is 2. The van der Waals surface area contributed by atoms with E-state index in [1.54, 1.807) is 0 Å². The zero-order valence-electron chi connectivity index (χ0n) is 9.20. The standard InChI is InChI=1S/C10H19N3/c1-10(2,3)13-8-9(6-11-13)7-12(4)5/h6,8H,7H2,1-5H3. The number of hydrogen-bond acceptors (Lipinski definition) is 2. The summed E-state index contributed by atoms with van der Waals surface area (Å²) in [6.45, 7) is 7.41. The summed E-state index contributed by atoms with van der Waals surface area (Å²) in [7, 11) is 4.13. The molecule has 74 valence electrons. The minimum atomic E-state index is 0.0879. The first-order valence-electron chi connectivity index (χ1n) is 4.58. The molecule has 13 heavy (non-hydrogen) atoms. The molecule has 1 aromatic rings. The Bertz CT molecular complexity index is 268. The highest BCUT2D eigenvalue weighted by Crippen LogP contribution is 2.13. The molecule has 0 aliphatic heterocycles. The third-order valence-corrected chi connectivity index (χ3v) is 1.82. The van der Waals surface area contributed by atoms with Crippen molar-refractivity contribution in [3.63, 3.8) is 0 Å². The van der Waals surface area contributed by atoms with Crippen molar-refractivity contribution < 1.29 is 0 Å². The molecular formula is C10H19N3. The van der Waals surface area contributed by atoms with Gasteiger partial charge in [-0.05, 0) is 34.9 Å². The second kappa shape index (κ2) is 3.50. The highest BCUT2D eigenvalue weighted by atomic mass is 15.3. The van der Waals surface area contributed by atoms with Crippen molar-refractivity contribution in [1.29, 1.82) is 0 Å². The van der Waals surface area contributed by atoms with Crippen molar-refractivity contribution in [2.45, 2.75) is 32.9 Å². The van der Waals surface area contributed by atoms with Crippen LogP contribution >= 0.6 is 0 Å². The quantitative estimate of drug-likeness (QED) is 0.692. The Morgan fingerprint density at radius 3 is 2.38 bits per heavy atom. The Kier molecular flexibility index (Phi) is 2.76. The fourth-order valence-electron chi connectivity index (χ4n) is 1.17. The first-order valence-corrected chi connectivity index (χ1v) is 4.58. The minimum absolute atomic E-state index is 0.0879. The maximum absolute atomic E-state index is 4.33. The Balaban J connectivity index is 2.75. The van der Waals surface area contributed by atoms with Gasteiger partial charge in [0.05, 0.1) is 11.7 Å². The summed E-state index contributed by atoms with van der Waals surface area (Å²) in [5.74, 6) is 0. The molecule has 0 aliphatic carbocycles. The van der Waals surface area contributed by atoms with Crippen molar-refractivity contribution in [1.82, 2.24) is 14.7 Å². The lowest BCUT2D eigenvalue weighted by Crippen LogP contribution is -2.22. The summed E-state index contributed by atoms with van der Waals surface area (Å²) in [6.07, 6.45) is 4.05. The van der Waals surface area contributed by atoms with Crippen molar-refractivity contribution in [2.75, 3.05) is 14.1 Å². The van der Waals surface area contributed by atoms with E-state index in [2.05, 4.69) is 51.1 Å². The molecule has 3 nitrogen and oxygen atoms in total. The summed E-state index contributed by atoms with van der Waals surface area (Å²) in [5, 5.41) is 4.33. The monoisotopic (exact) mass is 181 g/mol. The largest absolute Gasteiger partial charge is 0.305 e. The molecule has 3 heteroatoms. The first-order chi connectivity index (χ1) is 5.89. The van der Waals surface area contributed by atoms with Crippen LogP contribution in [0.25, 0.3) is 0 Å². The Morgan fingerprint density at radius 2 is 2.00 bits per heavy atom. The summed E-state index contributed by atoms with van der Waals surface area (Å²) in [4.78, 5) is 2.14. The summed E-state index contributed by atoms with van der Waals surface area (Å²) in [5.41, 5.74) is 1.35. The van der Waals surface area contributed by atoms with Crippen LogP contribution in [0.2, 0.25) is 0 Å². The number of aromatic nitrogens is 2. The van der Waals surface area contributed by atoms with Gasteiger partial charge in [0.2, 0.25) is 0 Å². The maximum atomic E-state index is 4.33. The molecule has 1 heterocycles. The van der Waals surface area contributed by atoms with Crippen LogP contribution in [0.1, 0.15) is 26.3 Å².